The van der Waals surface area contributed by atoms with Crippen molar-refractivity contribution >= 4 is 19.2 Å². The molecule has 0 saturated carbocycles. The Balaban J connectivity index is 4.72. The Morgan fingerprint density at radius 1 is 0.667 bits per heavy atom. The normalized spacial score (nSPS) is 14.4. The minimum atomic E-state index is -3.15. The van der Waals surface area contributed by atoms with Crippen LogP contribution in [0.25, 0.3) is 0 Å². The summed E-state index contributed by atoms with van der Waals surface area (Å²) in [6.07, 6.45) is 10.8. The van der Waals surface area contributed by atoms with Gasteiger partial charge in [0.2, 0.25) is 0 Å². The molecule has 6 nitrogen and oxygen atoms in total. The Labute approximate surface area is 173 Å². The molecule has 0 bridgehead atoms. The van der Waals surface area contributed by atoms with Crippen molar-refractivity contribution < 1.29 is 6.15 Å². The van der Waals surface area contributed by atoms with Crippen LogP contribution in [-0.2, 0) is 6.15 Å². The summed E-state index contributed by atoms with van der Waals surface area (Å²) in [5.41, 5.74) is 23.7. The Bertz CT molecular complexity index is 294. The van der Waals surface area contributed by atoms with Gasteiger partial charge in [0, 0.05) is 0 Å². The van der Waals surface area contributed by atoms with Gasteiger partial charge in [-0.25, -0.2) is 0 Å². The molecule has 0 aliphatic carbocycles. The van der Waals surface area contributed by atoms with E-state index in [4.69, 9.17) is 29.1 Å². The molecule has 7 heteroatoms. The molecule has 0 aliphatic rings. The summed E-state index contributed by atoms with van der Waals surface area (Å²) < 4.78 is 15.3. The third-order valence-corrected chi connectivity index (χ3v) is 15.3. The van der Waals surface area contributed by atoms with E-state index in [1.807, 2.05) is 0 Å². The number of hydrogen-bond donors (Lipinski definition) is 4. The fourth-order valence-electron chi connectivity index (χ4n) is 3.13. The topological polar surface area (TPSA) is 123 Å². The molecule has 0 rings (SSSR count). The first-order chi connectivity index (χ1) is 13.0. The molecular weight excluding hydrogens is 447 g/mol. The maximum absolute atomic E-state index is 6.56. The van der Waals surface area contributed by atoms with Crippen molar-refractivity contribution in [2.24, 2.45) is 22.9 Å². The van der Waals surface area contributed by atoms with Crippen LogP contribution in [-0.4, -0.2) is 57.6 Å². The van der Waals surface area contributed by atoms with E-state index in [0.29, 0.717) is 13.2 Å². The van der Waals surface area contributed by atoms with Crippen LogP contribution in [0.2, 0.25) is 8.87 Å². The summed E-state index contributed by atoms with van der Waals surface area (Å²) in [6, 6.07) is 0.162. The predicted molar refractivity (Wildman–Crippen MR) is 119 cm³/mol. The molecule has 0 heterocycles. The minimum absolute atomic E-state index is 0.0812. The monoisotopic (exact) mass is 496 g/mol. The number of rotatable bonds is 20. The van der Waals surface area contributed by atoms with E-state index in [1.165, 1.54) is 25.7 Å². The summed E-state index contributed by atoms with van der Waals surface area (Å²) in [6.45, 7) is 7.16. The van der Waals surface area contributed by atoms with E-state index in [2.05, 4.69) is 13.8 Å². The third kappa shape index (κ3) is 15.1. The third-order valence-electron chi connectivity index (χ3n) is 5.00. The Morgan fingerprint density at radius 2 is 1.07 bits per heavy atom. The van der Waals surface area contributed by atoms with Crippen molar-refractivity contribution in [2.75, 3.05) is 26.3 Å². The average molecular weight is 495 g/mol. The van der Waals surface area contributed by atoms with Crippen LogP contribution in [0.3, 0.4) is 0 Å². The Kier molecular flexibility index (Phi) is 19.0. The first kappa shape index (κ1) is 27.6. The average Bonchev–Trinajstić information content (AvgIpc) is 2.67. The second-order valence-electron chi connectivity index (χ2n) is 7.83. The molecule has 27 heavy (non-hydrogen) atoms. The molecule has 0 aromatic carbocycles. The fourth-order valence-corrected chi connectivity index (χ4v) is 13.8. The maximum atomic E-state index is 6.56. The first-order valence-electron chi connectivity index (χ1n) is 11.2. The van der Waals surface area contributed by atoms with Gasteiger partial charge >= 0.3 is 174 Å². The second kappa shape index (κ2) is 18.6. The number of unbranched alkanes of at least 4 members (excludes halogenated alkanes) is 4. The van der Waals surface area contributed by atoms with Crippen molar-refractivity contribution in [3.8, 4) is 0 Å². The van der Waals surface area contributed by atoms with Gasteiger partial charge in [0.15, 0.2) is 0 Å². The van der Waals surface area contributed by atoms with Crippen molar-refractivity contribution in [3.63, 3.8) is 0 Å². The summed E-state index contributed by atoms with van der Waals surface area (Å²) in [4.78, 5) is 0. The Hall–Kier alpha value is 0.559. The van der Waals surface area contributed by atoms with Crippen LogP contribution in [0.5, 0.6) is 0 Å². The zero-order valence-electron chi connectivity index (χ0n) is 18.1. The van der Waals surface area contributed by atoms with Gasteiger partial charge in [0.1, 0.15) is 0 Å². The predicted octanol–water partition coefficient (Wildman–Crippen LogP) is 2.97. The molecule has 0 fully saturated rings. The first-order valence-corrected chi connectivity index (χ1v) is 17.6. The van der Waals surface area contributed by atoms with E-state index >= 15 is 0 Å². The van der Waals surface area contributed by atoms with E-state index in [9.17, 15) is 0 Å². The Morgan fingerprint density at radius 3 is 1.41 bits per heavy atom. The molecule has 0 aromatic heterocycles. The van der Waals surface area contributed by atoms with Gasteiger partial charge in [-0.3, -0.25) is 0 Å². The molecule has 0 aliphatic heterocycles. The van der Waals surface area contributed by atoms with Crippen molar-refractivity contribution in [1.29, 1.82) is 0 Å². The van der Waals surface area contributed by atoms with Crippen LogP contribution in [0.15, 0.2) is 0 Å². The van der Waals surface area contributed by atoms with Gasteiger partial charge in [-0.15, -0.1) is 0 Å². The molecule has 164 valence electrons. The van der Waals surface area contributed by atoms with E-state index in [1.54, 1.807) is 0 Å². The van der Waals surface area contributed by atoms with Crippen LogP contribution in [0.4, 0.5) is 0 Å². The summed E-state index contributed by atoms with van der Waals surface area (Å²) >= 11 is -3.15. The van der Waals surface area contributed by atoms with E-state index < -0.39 is 19.2 Å². The van der Waals surface area contributed by atoms with Crippen molar-refractivity contribution in [3.05, 3.63) is 0 Å². The van der Waals surface area contributed by atoms with Crippen LogP contribution >= 0.6 is 0 Å². The van der Waals surface area contributed by atoms with Crippen molar-refractivity contribution in [2.45, 2.75) is 99.0 Å². The molecule has 0 saturated heterocycles. The van der Waals surface area contributed by atoms with E-state index in [-0.39, 0.29) is 12.1 Å². The fraction of sp³-hybridized carbons (Fsp3) is 1.00. The van der Waals surface area contributed by atoms with Crippen LogP contribution in [0.1, 0.15) is 78.1 Å². The molecule has 0 radical (unpaired) electrons. The van der Waals surface area contributed by atoms with Crippen LogP contribution in [0, 0.1) is 0 Å². The summed E-state index contributed by atoms with van der Waals surface area (Å²) in [7, 11) is 0. The molecule has 8 N–H and O–H groups in total. The number of nitrogens with two attached hydrogens (primary N) is 4. The molecule has 0 aromatic rings. The second-order valence-corrected chi connectivity index (χ2v) is 17.5. The zero-order valence-corrected chi connectivity index (χ0v) is 20.9. The van der Waals surface area contributed by atoms with Gasteiger partial charge in [-0.1, -0.05) is 0 Å². The van der Waals surface area contributed by atoms with Gasteiger partial charge in [-0.2, -0.15) is 0 Å². The molecular formula is C20H48N4O2Sn. The quantitative estimate of drug-likeness (QED) is 0.152. The van der Waals surface area contributed by atoms with Crippen molar-refractivity contribution in [1.82, 2.24) is 0 Å². The van der Waals surface area contributed by atoms with Gasteiger partial charge in [-0.05, 0) is 0 Å². The number of hydrogen-bond acceptors (Lipinski definition) is 6. The summed E-state index contributed by atoms with van der Waals surface area (Å²) in [5.74, 6) is 0. The zero-order chi connectivity index (χ0) is 20.4. The summed E-state index contributed by atoms with van der Waals surface area (Å²) in [5, 5.41) is 0. The van der Waals surface area contributed by atoms with Gasteiger partial charge in [0.05, 0.1) is 0 Å². The van der Waals surface area contributed by atoms with Gasteiger partial charge in [0.25, 0.3) is 0 Å². The van der Waals surface area contributed by atoms with Gasteiger partial charge < -0.3 is 0 Å². The molecule has 0 unspecified atom stereocenters. The molecule has 2 atom stereocenters. The standard InChI is InChI=1S/2C6H15N2O.2C4H9.Sn/c2*7-4-2-1-3-6(8)5-9;2*1-3-4-2;/h2*6H,1-5,7-8H2;2*1,3-4H2,2H3;/q2*-1;;;+2/t2*6-;;;/m00.../s1. The van der Waals surface area contributed by atoms with E-state index in [0.717, 1.165) is 60.5 Å². The van der Waals surface area contributed by atoms with Crippen LogP contribution < -0.4 is 22.9 Å². The molecule has 0 amide bonds. The SMILES string of the molecule is CCC[CH2][Sn]([CH2]CCC)([O]C[C@@H](N)CCCCN)[O]C[C@@H](N)CCCCN. The molecule has 0 spiro atoms.